The summed E-state index contributed by atoms with van der Waals surface area (Å²) in [5.74, 6) is 1.50. The monoisotopic (exact) mass is 343 g/mol. The van der Waals surface area contributed by atoms with Crippen LogP contribution in [0.1, 0.15) is 37.3 Å². The van der Waals surface area contributed by atoms with E-state index in [1.807, 2.05) is 11.1 Å². The zero-order chi connectivity index (χ0) is 17.4. The number of rotatable bonds is 3. The summed E-state index contributed by atoms with van der Waals surface area (Å²) >= 11 is 0. The smallest absolute Gasteiger partial charge is 0.226 e. The molecule has 25 heavy (non-hydrogen) atoms. The van der Waals surface area contributed by atoms with Crippen molar-refractivity contribution in [3.63, 3.8) is 0 Å². The first-order chi connectivity index (χ1) is 12.1. The lowest BCUT2D eigenvalue weighted by molar-refractivity contribution is -0.138. The molecule has 6 nitrogen and oxygen atoms in total. The summed E-state index contributed by atoms with van der Waals surface area (Å²) < 4.78 is 2.35. The number of amides is 1. The van der Waals surface area contributed by atoms with Crippen molar-refractivity contribution in [3.05, 3.63) is 29.9 Å². The quantitative estimate of drug-likeness (QED) is 0.780. The summed E-state index contributed by atoms with van der Waals surface area (Å²) in [7, 11) is 2.19. The van der Waals surface area contributed by atoms with Crippen LogP contribution < -0.4 is 0 Å². The first-order valence-corrected chi connectivity index (χ1v) is 9.54. The van der Waals surface area contributed by atoms with Crippen LogP contribution >= 0.6 is 0 Å². The molecule has 1 amide bonds. The number of carbonyl (C=O) groups excluding carboxylic acids is 1. The average molecular weight is 343 g/mol. The number of nitrogens with zero attached hydrogens (tertiary/aromatic N) is 5. The van der Waals surface area contributed by atoms with E-state index in [0.717, 1.165) is 64.5 Å². The van der Waals surface area contributed by atoms with Gasteiger partial charge in [-0.25, -0.2) is 4.98 Å². The lowest BCUT2D eigenvalue weighted by atomic mass is 10.0. The van der Waals surface area contributed by atoms with E-state index in [1.165, 1.54) is 5.69 Å². The molecule has 3 aliphatic rings. The molecule has 0 radical (unpaired) electrons. The van der Waals surface area contributed by atoms with E-state index in [9.17, 15) is 4.79 Å². The van der Waals surface area contributed by atoms with Gasteiger partial charge in [-0.3, -0.25) is 9.69 Å². The molecule has 4 rings (SSSR count). The average Bonchev–Trinajstić information content (AvgIpc) is 3.27. The van der Waals surface area contributed by atoms with Gasteiger partial charge in [-0.05, 0) is 26.8 Å². The molecule has 0 bridgehead atoms. The molecule has 0 N–H and O–H groups in total. The summed E-state index contributed by atoms with van der Waals surface area (Å²) in [6.07, 6.45) is 8.07. The molecule has 6 heteroatoms. The molecule has 1 fully saturated rings. The second-order valence-electron chi connectivity index (χ2n) is 7.69. The summed E-state index contributed by atoms with van der Waals surface area (Å²) in [6, 6.07) is 0.0723. The van der Waals surface area contributed by atoms with Gasteiger partial charge >= 0.3 is 0 Å². The lowest BCUT2D eigenvalue weighted by Crippen LogP contribution is -2.45. The van der Waals surface area contributed by atoms with E-state index in [2.05, 4.69) is 40.5 Å². The largest absolute Gasteiger partial charge is 0.331 e. The predicted octanol–water partition coefficient (Wildman–Crippen LogP) is 1.50. The first kappa shape index (κ1) is 16.8. The van der Waals surface area contributed by atoms with E-state index < -0.39 is 0 Å². The molecule has 0 aromatic carbocycles. The number of carbonyl (C=O) groups is 1. The number of fused-ring (bicyclic) bond motifs is 1. The zero-order valence-electron chi connectivity index (χ0n) is 15.4. The zero-order valence-corrected chi connectivity index (χ0v) is 15.4. The first-order valence-electron chi connectivity index (χ1n) is 9.54. The van der Waals surface area contributed by atoms with E-state index in [-0.39, 0.29) is 12.0 Å². The van der Waals surface area contributed by atoms with Crippen LogP contribution in [0.25, 0.3) is 0 Å². The van der Waals surface area contributed by atoms with Gasteiger partial charge in [0.2, 0.25) is 5.91 Å². The number of hydrogen-bond donors (Lipinski definition) is 0. The fourth-order valence-corrected chi connectivity index (χ4v) is 4.28. The van der Waals surface area contributed by atoms with Gasteiger partial charge in [0.1, 0.15) is 5.82 Å². The number of piperazine rings is 1. The highest BCUT2D eigenvalue weighted by atomic mass is 16.2. The molecule has 136 valence electrons. The number of aromatic nitrogens is 2. The van der Waals surface area contributed by atoms with Crippen LogP contribution in [-0.2, 0) is 17.9 Å². The van der Waals surface area contributed by atoms with Crippen LogP contribution in [-0.4, -0.2) is 69.9 Å². The molecular formula is C19H29N5O. The third kappa shape index (κ3) is 3.25. The van der Waals surface area contributed by atoms with Gasteiger partial charge in [-0.1, -0.05) is 12.2 Å². The van der Waals surface area contributed by atoms with Crippen molar-refractivity contribution in [2.24, 2.45) is 5.92 Å². The molecule has 2 aliphatic heterocycles. The number of hydrogen-bond acceptors (Lipinski definition) is 4. The van der Waals surface area contributed by atoms with Gasteiger partial charge in [0.25, 0.3) is 0 Å². The summed E-state index contributed by atoms with van der Waals surface area (Å²) in [6.45, 7) is 9.26. The minimum atomic E-state index is 0.0723. The summed E-state index contributed by atoms with van der Waals surface area (Å²) in [4.78, 5) is 24.4. The molecule has 1 atom stereocenters. The van der Waals surface area contributed by atoms with Crippen LogP contribution in [0.4, 0.5) is 0 Å². The van der Waals surface area contributed by atoms with Crippen LogP contribution in [0, 0.1) is 5.92 Å². The second-order valence-corrected chi connectivity index (χ2v) is 7.69. The highest BCUT2D eigenvalue weighted by molar-refractivity contribution is 5.80. The molecular weight excluding hydrogens is 314 g/mol. The van der Waals surface area contributed by atoms with Crippen LogP contribution in [0.3, 0.4) is 0 Å². The Morgan fingerprint density at radius 3 is 2.56 bits per heavy atom. The molecule has 1 aromatic rings. The Bertz CT molecular complexity index is 651. The van der Waals surface area contributed by atoms with Crippen LogP contribution in [0.5, 0.6) is 0 Å². The minimum Gasteiger partial charge on any atom is -0.331 e. The number of imidazole rings is 1. The van der Waals surface area contributed by atoms with Crippen molar-refractivity contribution in [2.75, 3.05) is 39.8 Å². The van der Waals surface area contributed by atoms with Gasteiger partial charge in [-0.2, -0.15) is 0 Å². The Hall–Kier alpha value is -1.66. The van der Waals surface area contributed by atoms with Crippen molar-refractivity contribution in [1.82, 2.24) is 24.3 Å². The fourth-order valence-electron chi connectivity index (χ4n) is 4.28. The van der Waals surface area contributed by atoms with Gasteiger partial charge < -0.3 is 14.4 Å². The standard InChI is InChI=1S/C19H29N5O/c1-15-18-20-13-17(14-22-9-7-21(2)8-10-22)24(18)12-11-23(15)19(25)16-5-3-4-6-16/h3-4,13,15-16H,5-12,14H2,1-2H3/t15-/m0/s1. The van der Waals surface area contributed by atoms with Crippen molar-refractivity contribution in [1.29, 1.82) is 0 Å². The van der Waals surface area contributed by atoms with Gasteiger partial charge in [-0.15, -0.1) is 0 Å². The molecule has 0 unspecified atom stereocenters. The van der Waals surface area contributed by atoms with Crippen LogP contribution in [0.2, 0.25) is 0 Å². The van der Waals surface area contributed by atoms with Crippen LogP contribution in [0.15, 0.2) is 18.3 Å². The van der Waals surface area contributed by atoms with E-state index >= 15 is 0 Å². The van der Waals surface area contributed by atoms with Gasteiger partial charge in [0, 0.05) is 57.9 Å². The lowest BCUT2D eigenvalue weighted by Gasteiger charge is -2.37. The molecule has 1 saturated heterocycles. The maximum atomic E-state index is 12.8. The van der Waals surface area contributed by atoms with Crippen molar-refractivity contribution < 1.29 is 4.79 Å². The van der Waals surface area contributed by atoms with E-state index in [4.69, 9.17) is 4.98 Å². The van der Waals surface area contributed by atoms with E-state index in [0.29, 0.717) is 5.91 Å². The Morgan fingerprint density at radius 1 is 1.12 bits per heavy atom. The Kier molecular flexibility index (Phi) is 4.65. The maximum Gasteiger partial charge on any atom is 0.226 e. The molecule has 3 heterocycles. The Morgan fingerprint density at radius 2 is 1.84 bits per heavy atom. The summed E-state index contributed by atoms with van der Waals surface area (Å²) in [5, 5.41) is 0. The predicted molar refractivity (Wildman–Crippen MR) is 97.0 cm³/mol. The van der Waals surface area contributed by atoms with E-state index in [1.54, 1.807) is 0 Å². The number of likely N-dealkylation sites (N-methyl/N-ethyl adjacent to an activating group) is 1. The third-order valence-corrected chi connectivity index (χ3v) is 6.00. The maximum absolute atomic E-state index is 12.8. The highest BCUT2D eigenvalue weighted by Crippen LogP contribution is 2.30. The summed E-state index contributed by atoms with van der Waals surface area (Å²) in [5.41, 5.74) is 1.29. The fraction of sp³-hybridized carbons (Fsp3) is 0.684. The minimum absolute atomic E-state index is 0.0723. The molecule has 0 spiro atoms. The molecule has 1 aromatic heterocycles. The normalized spacial score (nSPS) is 25.5. The topological polar surface area (TPSA) is 44.6 Å². The van der Waals surface area contributed by atoms with Gasteiger partial charge in [0.15, 0.2) is 0 Å². The highest BCUT2D eigenvalue weighted by Gasteiger charge is 2.34. The Balaban J connectivity index is 1.45. The third-order valence-electron chi connectivity index (χ3n) is 6.00. The van der Waals surface area contributed by atoms with Gasteiger partial charge in [0.05, 0.1) is 11.7 Å². The number of allylic oxidation sites excluding steroid dienone is 2. The van der Waals surface area contributed by atoms with Crippen molar-refractivity contribution in [2.45, 2.75) is 38.9 Å². The molecule has 0 saturated carbocycles. The Labute approximate surface area is 150 Å². The molecule has 1 aliphatic carbocycles. The SMILES string of the molecule is C[C@H]1c2ncc(CN3CCN(C)CC3)n2CCN1C(=O)C1CC=CC1. The van der Waals surface area contributed by atoms with Crippen molar-refractivity contribution in [3.8, 4) is 0 Å². The second kappa shape index (κ2) is 6.92. The van der Waals surface area contributed by atoms with Crippen molar-refractivity contribution >= 4 is 5.91 Å².